The highest BCUT2D eigenvalue weighted by molar-refractivity contribution is 4.90. The number of H-pyrrole nitrogens is 1. The van der Waals surface area contributed by atoms with Gasteiger partial charge >= 0.3 is 0 Å². The molecule has 1 heterocycles. The first-order valence-electron chi connectivity index (χ1n) is 5.53. The van der Waals surface area contributed by atoms with Gasteiger partial charge in [-0.25, -0.2) is 4.98 Å². The molecule has 0 bridgehead atoms. The van der Waals surface area contributed by atoms with Crippen molar-refractivity contribution < 1.29 is 9.47 Å². The van der Waals surface area contributed by atoms with E-state index in [-0.39, 0.29) is 0 Å². The molecule has 0 aromatic carbocycles. The molecule has 6 heteroatoms. The molecule has 0 aliphatic carbocycles. The summed E-state index contributed by atoms with van der Waals surface area (Å²) in [5.41, 5.74) is 5.42. The maximum Gasteiger partial charge on any atom is 0.152 e. The minimum Gasteiger partial charge on any atom is -0.382 e. The van der Waals surface area contributed by atoms with E-state index in [1.54, 1.807) is 7.11 Å². The van der Waals surface area contributed by atoms with E-state index in [0.29, 0.717) is 26.4 Å². The van der Waals surface area contributed by atoms with Crippen LogP contribution in [0.2, 0.25) is 0 Å². The van der Waals surface area contributed by atoms with Gasteiger partial charge < -0.3 is 15.2 Å². The summed E-state index contributed by atoms with van der Waals surface area (Å²) in [5, 5.41) is 6.99. The van der Waals surface area contributed by atoms with E-state index in [1.165, 1.54) is 0 Å². The summed E-state index contributed by atoms with van der Waals surface area (Å²) in [7, 11) is 1.66. The van der Waals surface area contributed by atoms with E-state index < -0.39 is 0 Å². The van der Waals surface area contributed by atoms with E-state index in [0.717, 1.165) is 30.9 Å². The van der Waals surface area contributed by atoms with Crippen LogP contribution < -0.4 is 5.73 Å². The third-order valence-corrected chi connectivity index (χ3v) is 2.10. The van der Waals surface area contributed by atoms with Crippen molar-refractivity contribution in [2.24, 2.45) is 5.73 Å². The molecular formula is C10H20N4O2. The molecule has 1 aromatic rings. The van der Waals surface area contributed by atoms with Crippen molar-refractivity contribution in [3.05, 3.63) is 11.6 Å². The van der Waals surface area contributed by atoms with Crippen LogP contribution in [0.3, 0.4) is 0 Å². The Kier molecular flexibility index (Phi) is 6.71. The smallest absolute Gasteiger partial charge is 0.152 e. The Labute approximate surface area is 95.5 Å². The van der Waals surface area contributed by atoms with Crippen LogP contribution in [0.25, 0.3) is 0 Å². The monoisotopic (exact) mass is 228 g/mol. The molecule has 0 amide bonds. The number of nitrogens with two attached hydrogens (primary N) is 1. The molecule has 0 saturated carbocycles. The predicted molar refractivity (Wildman–Crippen MR) is 60.2 cm³/mol. The van der Waals surface area contributed by atoms with Crippen molar-refractivity contribution in [1.29, 1.82) is 0 Å². The second-order valence-corrected chi connectivity index (χ2v) is 3.45. The van der Waals surface area contributed by atoms with E-state index >= 15 is 0 Å². The Hall–Kier alpha value is -0.980. The molecule has 0 unspecified atom stereocenters. The number of nitrogens with one attached hydrogen (secondary N) is 1. The van der Waals surface area contributed by atoms with Crippen LogP contribution in [0.5, 0.6) is 0 Å². The fourth-order valence-electron chi connectivity index (χ4n) is 1.24. The van der Waals surface area contributed by atoms with Gasteiger partial charge in [0.25, 0.3) is 0 Å². The molecule has 0 aliphatic rings. The van der Waals surface area contributed by atoms with Crippen LogP contribution >= 0.6 is 0 Å². The topological polar surface area (TPSA) is 86.0 Å². The average Bonchev–Trinajstić information content (AvgIpc) is 2.74. The number of aromatic amines is 1. The lowest BCUT2D eigenvalue weighted by Crippen LogP contribution is -2.05. The molecule has 0 atom stereocenters. The van der Waals surface area contributed by atoms with Crippen LogP contribution in [0.1, 0.15) is 18.1 Å². The summed E-state index contributed by atoms with van der Waals surface area (Å²) in [6.45, 7) is 2.53. The van der Waals surface area contributed by atoms with E-state index in [1.807, 2.05) is 0 Å². The van der Waals surface area contributed by atoms with Gasteiger partial charge in [0, 0.05) is 20.0 Å². The largest absolute Gasteiger partial charge is 0.382 e. The molecule has 16 heavy (non-hydrogen) atoms. The number of aromatic nitrogens is 3. The van der Waals surface area contributed by atoms with Crippen molar-refractivity contribution in [3.63, 3.8) is 0 Å². The normalized spacial score (nSPS) is 10.9. The van der Waals surface area contributed by atoms with Gasteiger partial charge in [0.1, 0.15) is 5.82 Å². The average molecular weight is 228 g/mol. The minimum absolute atomic E-state index is 0.612. The van der Waals surface area contributed by atoms with Crippen molar-refractivity contribution in [2.75, 3.05) is 33.5 Å². The second-order valence-electron chi connectivity index (χ2n) is 3.45. The molecule has 0 fully saturated rings. The summed E-state index contributed by atoms with van der Waals surface area (Å²) in [5.74, 6) is 1.70. The summed E-state index contributed by atoms with van der Waals surface area (Å²) in [6, 6.07) is 0. The van der Waals surface area contributed by atoms with Crippen LogP contribution in [0.4, 0.5) is 0 Å². The lowest BCUT2D eigenvalue weighted by Gasteiger charge is -2.00. The maximum atomic E-state index is 5.42. The van der Waals surface area contributed by atoms with Gasteiger partial charge in [-0.2, -0.15) is 5.10 Å². The summed E-state index contributed by atoms with van der Waals surface area (Å²) in [4.78, 5) is 4.33. The Morgan fingerprint density at radius 2 is 2.12 bits per heavy atom. The molecule has 1 aromatic heterocycles. The lowest BCUT2D eigenvalue weighted by molar-refractivity contribution is 0.0716. The standard InChI is InChI=1S/C10H20N4O2/c1-15-7-8-16-6-4-10-12-9(13-14-10)3-2-5-11/h2-8,11H2,1H3,(H,12,13,14). The van der Waals surface area contributed by atoms with Gasteiger partial charge in [-0.05, 0) is 13.0 Å². The molecule has 0 radical (unpaired) electrons. The van der Waals surface area contributed by atoms with E-state index in [2.05, 4.69) is 15.2 Å². The van der Waals surface area contributed by atoms with Crippen LogP contribution in [0.15, 0.2) is 0 Å². The van der Waals surface area contributed by atoms with Crippen LogP contribution in [-0.4, -0.2) is 48.7 Å². The summed E-state index contributed by atoms with van der Waals surface area (Å²) in [6.07, 6.45) is 2.51. The number of rotatable bonds is 9. The third-order valence-electron chi connectivity index (χ3n) is 2.10. The Morgan fingerprint density at radius 3 is 2.88 bits per heavy atom. The highest BCUT2D eigenvalue weighted by Crippen LogP contribution is 1.97. The van der Waals surface area contributed by atoms with Gasteiger partial charge in [-0.3, -0.25) is 5.10 Å². The number of nitrogens with zero attached hydrogens (tertiary/aromatic N) is 2. The highest BCUT2D eigenvalue weighted by Gasteiger charge is 2.02. The number of hydrogen-bond donors (Lipinski definition) is 2. The SMILES string of the molecule is COCCOCCc1n[nH]c(CCCN)n1. The molecule has 6 nitrogen and oxygen atoms in total. The Morgan fingerprint density at radius 1 is 1.25 bits per heavy atom. The number of aryl methyl sites for hydroxylation is 1. The number of hydrogen-bond acceptors (Lipinski definition) is 5. The maximum absolute atomic E-state index is 5.42. The first kappa shape index (κ1) is 13.1. The van der Waals surface area contributed by atoms with Crippen LogP contribution in [0, 0.1) is 0 Å². The predicted octanol–water partition coefficient (Wildman–Crippen LogP) is -0.0985. The zero-order chi connectivity index (χ0) is 11.6. The zero-order valence-electron chi connectivity index (χ0n) is 9.74. The van der Waals surface area contributed by atoms with Gasteiger partial charge in [0.15, 0.2) is 5.82 Å². The molecule has 3 N–H and O–H groups in total. The quantitative estimate of drug-likeness (QED) is 0.576. The molecule has 1 rings (SSSR count). The van der Waals surface area contributed by atoms with Crippen molar-refractivity contribution in [1.82, 2.24) is 15.2 Å². The van der Waals surface area contributed by atoms with Crippen molar-refractivity contribution in [2.45, 2.75) is 19.3 Å². The van der Waals surface area contributed by atoms with Gasteiger partial charge in [0.05, 0.1) is 19.8 Å². The summed E-state index contributed by atoms with van der Waals surface area (Å²) < 4.78 is 10.2. The van der Waals surface area contributed by atoms with Crippen LogP contribution in [-0.2, 0) is 22.3 Å². The second kappa shape index (κ2) is 8.20. The Balaban J connectivity index is 2.14. The van der Waals surface area contributed by atoms with Gasteiger partial charge in [-0.1, -0.05) is 0 Å². The fraction of sp³-hybridized carbons (Fsp3) is 0.800. The molecule has 92 valence electrons. The van der Waals surface area contributed by atoms with Gasteiger partial charge in [0.2, 0.25) is 0 Å². The molecule has 0 aliphatic heterocycles. The van der Waals surface area contributed by atoms with E-state index in [4.69, 9.17) is 15.2 Å². The highest BCUT2D eigenvalue weighted by atomic mass is 16.5. The minimum atomic E-state index is 0.612. The Bertz CT molecular complexity index is 278. The van der Waals surface area contributed by atoms with Gasteiger partial charge in [-0.15, -0.1) is 0 Å². The fourth-order valence-corrected chi connectivity index (χ4v) is 1.24. The number of ether oxygens (including phenoxy) is 2. The molecule has 0 saturated heterocycles. The molecular weight excluding hydrogens is 208 g/mol. The molecule has 0 spiro atoms. The summed E-state index contributed by atoms with van der Waals surface area (Å²) >= 11 is 0. The number of methoxy groups -OCH3 is 1. The van der Waals surface area contributed by atoms with Crippen molar-refractivity contribution >= 4 is 0 Å². The van der Waals surface area contributed by atoms with Crippen molar-refractivity contribution in [3.8, 4) is 0 Å². The third kappa shape index (κ3) is 5.20. The zero-order valence-corrected chi connectivity index (χ0v) is 9.74. The lowest BCUT2D eigenvalue weighted by atomic mass is 10.3. The first-order valence-corrected chi connectivity index (χ1v) is 5.53. The first-order chi connectivity index (χ1) is 7.86. The van der Waals surface area contributed by atoms with E-state index in [9.17, 15) is 0 Å².